The highest BCUT2D eigenvalue weighted by Crippen LogP contribution is 2.36. The Balaban J connectivity index is 2.03. The number of nitrogens with one attached hydrogen (secondary N) is 1. The normalized spacial score (nSPS) is 12.5. The smallest absolute Gasteiger partial charge is 0.355 e. The van der Waals surface area contributed by atoms with E-state index >= 15 is 0 Å². The summed E-state index contributed by atoms with van der Waals surface area (Å²) in [5.41, 5.74) is -0.808. The van der Waals surface area contributed by atoms with Crippen LogP contribution in [0, 0.1) is 0 Å². The third-order valence-corrected chi connectivity index (χ3v) is 4.84. The molecule has 0 atom stereocenters. The molecule has 0 aliphatic rings. The van der Waals surface area contributed by atoms with Gasteiger partial charge in [0.2, 0.25) is 0 Å². The van der Waals surface area contributed by atoms with Crippen LogP contribution in [0.1, 0.15) is 21.6 Å². The Bertz CT molecular complexity index is 1300. The quantitative estimate of drug-likeness (QED) is 0.417. The van der Waals surface area contributed by atoms with Gasteiger partial charge in [0.05, 0.1) is 22.1 Å². The maximum atomic E-state index is 13.2. The second-order valence-electron chi connectivity index (χ2n) is 6.75. The maximum Gasteiger partial charge on any atom is 0.433 e. The van der Waals surface area contributed by atoms with Crippen LogP contribution in [0.4, 0.5) is 26.3 Å². The van der Waals surface area contributed by atoms with E-state index in [2.05, 4.69) is 10.3 Å². The standard InChI is InChI=1S/C21H13F6N3O/c1-28-19(31)11-2-7-15-14(10-11)18-16(8-9-17(29-18)21(25,26)27)30(15)13-5-3-12(4-6-13)20(22,23)24/h2-10H,1H3,(H,28,31). The largest absolute Gasteiger partial charge is 0.433 e. The molecule has 4 nitrogen and oxygen atoms in total. The van der Waals surface area contributed by atoms with E-state index in [0.29, 0.717) is 11.2 Å². The van der Waals surface area contributed by atoms with Gasteiger partial charge in [0.25, 0.3) is 5.91 Å². The molecule has 0 saturated heterocycles. The number of rotatable bonds is 2. The molecule has 31 heavy (non-hydrogen) atoms. The summed E-state index contributed by atoms with van der Waals surface area (Å²) in [6.07, 6.45) is -9.21. The molecule has 2 aromatic carbocycles. The van der Waals surface area contributed by atoms with Gasteiger partial charge in [-0.15, -0.1) is 0 Å². The molecular weight excluding hydrogens is 424 g/mol. The molecule has 160 valence electrons. The molecule has 0 bridgehead atoms. The van der Waals surface area contributed by atoms with Crippen LogP contribution in [0.15, 0.2) is 54.6 Å². The SMILES string of the molecule is CNC(=O)c1ccc2c(c1)c1nc(C(F)(F)F)ccc1n2-c1ccc(C(F)(F)F)cc1. The van der Waals surface area contributed by atoms with Crippen LogP contribution >= 0.6 is 0 Å². The van der Waals surface area contributed by atoms with Crippen LogP contribution in [0.3, 0.4) is 0 Å². The number of amides is 1. The van der Waals surface area contributed by atoms with E-state index in [1.807, 2.05) is 0 Å². The van der Waals surface area contributed by atoms with Gasteiger partial charge in [-0.3, -0.25) is 4.79 Å². The molecule has 0 fully saturated rings. The highest BCUT2D eigenvalue weighted by Gasteiger charge is 2.33. The third kappa shape index (κ3) is 3.58. The number of benzene rings is 2. The summed E-state index contributed by atoms with van der Waals surface area (Å²) in [5.74, 6) is -0.440. The minimum atomic E-state index is -4.69. The summed E-state index contributed by atoms with van der Waals surface area (Å²) in [4.78, 5) is 15.7. The van der Waals surface area contributed by atoms with Gasteiger partial charge in [-0.05, 0) is 54.6 Å². The molecule has 0 aliphatic carbocycles. The lowest BCUT2D eigenvalue weighted by Crippen LogP contribution is -2.17. The molecule has 2 heterocycles. The van der Waals surface area contributed by atoms with Crippen LogP contribution < -0.4 is 5.32 Å². The molecule has 0 radical (unpaired) electrons. The van der Waals surface area contributed by atoms with Crippen LogP contribution in [-0.4, -0.2) is 22.5 Å². The molecular formula is C21H13F6N3O. The van der Waals surface area contributed by atoms with Gasteiger partial charge in [0, 0.05) is 23.7 Å². The zero-order valence-electron chi connectivity index (χ0n) is 15.8. The minimum Gasteiger partial charge on any atom is -0.355 e. The monoisotopic (exact) mass is 437 g/mol. The van der Waals surface area contributed by atoms with Crippen molar-refractivity contribution < 1.29 is 31.1 Å². The average Bonchev–Trinajstić information content (AvgIpc) is 3.05. The van der Waals surface area contributed by atoms with E-state index in [4.69, 9.17) is 0 Å². The van der Waals surface area contributed by atoms with Crippen molar-refractivity contribution >= 4 is 27.8 Å². The number of nitrogens with zero attached hydrogens (tertiary/aromatic N) is 2. The van der Waals surface area contributed by atoms with Crippen LogP contribution in [-0.2, 0) is 12.4 Å². The second kappa shape index (κ2) is 7.00. The summed E-state index contributed by atoms with van der Waals surface area (Å²) in [5, 5.41) is 2.70. The summed E-state index contributed by atoms with van der Waals surface area (Å²) < 4.78 is 79.9. The Kier molecular flexibility index (Phi) is 4.68. The van der Waals surface area contributed by atoms with Crippen LogP contribution in [0.2, 0.25) is 0 Å². The fourth-order valence-corrected chi connectivity index (χ4v) is 3.40. The highest BCUT2D eigenvalue weighted by atomic mass is 19.4. The lowest BCUT2D eigenvalue weighted by molar-refractivity contribution is -0.141. The van der Waals surface area contributed by atoms with Gasteiger partial charge in [-0.25, -0.2) is 4.98 Å². The number of alkyl halides is 6. The van der Waals surface area contributed by atoms with Crippen molar-refractivity contribution in [1.29, 1.82) is 0 Å². The predicted molar refractivity (Wildman–Crippen MR) is 102 cm³/mol. The molecule has 0 spiro atoms. The molecule has 0 aliphatic heterocycles. The van der Waals surface area contributed by atoms with Crippen molar-refractivity contribution in [3.63, 3.8) is 0 Å². The van der Waals surface area contributed by atoms with Crippen LogP contribution in [0.25, 0.3) is 27.6 Å². The number of hydrogen-bond acceptors (Lipinski definition) is 2. The Hall–Kier alpha value is -3.56. The Morgan fingerprint density at radius 1 is 0.871 bits per heavy atom. The van der Waals surface area contributed by atoms with E-state index in [-0.39, 0.29) is 22.0 Å². The zero-order chi connectivity index (χ0) is 22.6. The van der Waals surface area contributed by atoms with E-state index < -0.39 is 29.5 Å². The molecule has 0 unspecified atom stereocenters. The lowest BCUT2D eigenvalue weighted by Gasteiger charge is -2.11. The van der Waals surface area contributed by atoms with Crippen molar-refractivity contribution in [2.45, 2.75) is 12.4 Å². The first kappa shape index (κ1) is 20.7. The van der Waals surface area contributed by atoms with Gasteiger partial charge in [-0.2, -0.15) is 26.3 Å². The molecule has 1 amide bonds. The number of hydrogen-bond donors (Lipinski definition) is 1. The van der Waals surface area contributed by atoms with Crippen molar-refractivity contribution in [2.75, 3.05) is 7.05 Å². The second-order valence-corrected chi connectivity index (χ2v) is 6.75. The first-order valence-corrected chi connectivity index (χ1v) is 8.93. The highest BCUT2D eigenvalue weighted by molar-refractivity contribution is 6.10. The van der Waals surface area contributed by atoms with Crippen LogP contribution in [0.5, 0.6) is 0 Å². The van der Waals surface area contributed by atoms with Gasteiger partial charge in [-0.1, -0.05) is 0 Å². The fourth-order valence-electron chi connectivity index (χ4n) is 3.40. The van der Waals surface area contributed by atoms with Crippen molar-refractivity contribution in [2.24, 2.45) is 0 Å². The molecule has 0 saturated carbocycles. The number of halogens is 6. The molecule has 2 aromatic heterocycles. The predicted octanol–water partition coefficient (Wildman–Crippen LogP) is 5.58. The minimum absolute atomic E-state index is 0.0181. The summed E-state index contributed by atoms with van der Waals surface area (Å²) >= 11 is 0. The molecule has 4 aromatic rings. The van der Waals surface area contributed by atoms with E-state index in [1.165, 1.54) is 48.0 Å². The summed E-state index contributed by atoms with van der Waals surface area (Å²) in [6.45, 7) is 0. The molecule has 4 rings (SSSR count). The molecule has 1 N–H and O–H groups in total. The lowest BCUT2D eigenvalue weighted by atomic mass is 10.1. The third-order valence-electron chi connectivity index (χ3n) is 4.84. The number of carbonyl (C=O) groups is 1. The van der Waals surface area contributed by atoms with Gasteiger partial charge in [0.15, 0.2) is 0 Å². The Labute approximate surface area is 171 Å². The van der Waals surface area contributed by atoms with Gasteiger partial charge in [0.1, 0.15) is 5.69 Å². The number of carbonyl (C=O) groups excluding carboxylic acids is 1. The number of pyridine rings is 1. The first-order valence-electron chi connectivity index (χ1n) is 8.93. The van der Waals surface area contributed by atoms with E-state index in [1.54, 1.807) is 0 Å². The Morgan fingerprint density at radius 3 is 2.10 bits per heavy atom. The number of fused-ring (bicyclic) bond motifs is 3. The summed E-state index contributed by atoms with van der Waals surface area (Å²) in [6, 6.07) is 10.7. The first-order chi connectivity index (χ1) is 14.5. The maximum absolute atomic E-state index is 13.2. The average molecular weight is 437 g/mol. The zero-order valence-corrected chi connectivity index (χ0v) is 15.8. The Morgan fingerprint density at radius 2 is 1.52 bits per heavy atom. The van der Waals surface area contributed by atoms with E-state index in [0.717, 1.165) is 18.2 Å². The topological polar surface area (TPSA) is 46.9 Å². The van der Waals surface area contributed by atoms with Crippen molar-refractivity contribution in [3.05, 3.63) is 71.4 Å². The van der Waals surface area contributed by atoms with Gasteiger partial charge >= 0.3 is 12.4 Å². The fraction of sp³-hybridized carbons (Fsp3) is 0.143. The number of aromatic nitrogens is 2. The summed E-state index contributed by atoms with van der Waals surface area (Å²) in [7, 11) is 1.41. The van der Waals surface area contributed by atoms with E-state index in [9.17, 15) is 31.1 Å². The van der Waals surface area contributed by atoms with Gasteiger partial charge < -0.3 is 9.88 Å². The van der Waals surface area contributed by atoms with Crippen molar-refractivity contribution in [3.8, 4) is 5.69 Å². The molecule has 10 heteroatoms. The van der Waals surface area contributed by atoms with Crippen molar-refractivity contribution in [1.82, 2.24) is 14.9 Å².